The number of aromatic amines is 1. The summed E-state index contributed by atoms with van der Waals surface area (Å²) in [7, 11) is 0. The number of carbonyl (C=O) groups excluding carboxylic acids is 3. The highest BCUT2D eigenvalue weighted by Gasteiger charge is 2.30. The van der Waals surface area contributed by atoms with Gasteiger partial charge in [0.15, 0.2) is 0 Å². The Hall–Kier alpha value is -3.81. The van der Waals surface area contributed by atoms with Crippen molar-refractivity contribution in [1.82, 2.24) is 25.9 Å². The molecule has 0 bridgehead atoms. The lowest BCUT2D eigenvalue weighted by molar-refractivity contribution is -0.142. The number of nitrogens with zero attached hydrogens (tertiary/aromatic N) is 1. The maximum atomic E-state index is 13.1. The topological polar surface area (TPSA) is 226 Å². The number of carboxylic acids is 1. The number of aliphatic hydroxyl groups is 1. The summed E-state index contributed by atoms with van der Waals surface area (Å²) in [6.07, 6.45) is 4.41. The van der Waals surface area contributed by atoms with Crippen LogP contribution in [-0.2, 0) is 32.0 Å². The minimum Gasteiger partial charge on any atom is -0.480 e. The van der Waals surface area contributed by atoms with Gasteiger partial charge >= 0.3 is 5.97 Å². The maximum absolute atomic E-state index is 13.1. The van der Waals surface area contributed by atoms with E-state index < -0.39 is 54.5 Å². The molecule has 0 fully saturated rings. The zero-order chi connectivity index (χ0) is 27.2. The quantitative estimate of drug-likeness (QED) is 0.117. The normalized spacial score (nSPS) is 14.1. The lowest BCUT2D eigenvalue weighted by Gasteiger charge is -2.24. The average Bonchev–Trinajstić information content (AvgIpc) is 3.39. The molecular formula is C24H35N7O6. The first kappa shape index (κ1) is 29.4. The fourth-order valence-electron chi connectivity index (χ4n) is 3.55. The molecular weight excluding hydrogens is 482 g/mol. The number of H-pyrrole nitrogens is 1. The molecule has 37 heavy (non-hydrogen) atoms. The number of unbranched alkanes of at least 4 members (excludes halogenated alkanes) is 1. The molecule has 202 valence electrons. The molecule has 4 unspecified atom stereocenters. The molecule has 2 rings (SSSR count). The highest BCUT2D eigenvalue weighted by molar-refractivity contribution is 5.94. The van der Waals surface area contributed by atoms with E-state index in [0.717, 1.165) is 0 Å². The number of rotatable bonds is 16. The van der Waals surface area contributed by atoms with Crippen molar-refractivity contribution >= 4 is 23.7 Å². The molecule has 10 N–H and O–H groups in total. The van der Waals surface area contributed by atoms with Crippen LogP contribution in [0.2, 0.25) is 0 Å². The van der Waals surface area contributed by atoms with Gasteiger partial charge in [0.2, 0.25) is 17.7 Å². The first-order valence-electron chi connectivity index (χ1n) is 12.0. The highest BCUT2D eigenvalue weighted by Crippen LogP contribution is 2.07. The van der Waals surface area contributed by atoms with Crippen LogP contribution < -0.4 is 27.4 Å². The van der Waals surface area contributed by atoms with E-state index in [1.807, 2.05) is 0 Å². The SMILES string of the molecule is NCCCCC(NC(=O)C(Cc1ccccc1)NC(=O)C(CO)NC(=O)C(N)Cc1cnc[nH]1)C(=O)O. The largest absolute Gasteiger partial charge is 0.480 e. The number of aliphatic hydroxyl groups excluding tert-OH is 1. The van der Waals surface area contributed by atoms with Crippen molar-refractivity contribution in [1.29, 1.82) is 0 Å². The number of aliphatic carboxylic acids is 1. The van der Waals surface area contributed by atoms with E-state index in [1.54, 1.807) is 30.3 Å². The number of nitrogens with two attached hydrogens (primary N) is 2. The second-order valence-electron chi connectivity index (χ2n) is 8.57. The van der Waals surface area contributed by atoms with E-state index >= 15 is 0 Å². The Morgan fingerprint density at radius 2 is 1.57 bits per heavy atom. The monoisotopic (exact) mass is 517 g/mol. The summed E-state index contributed by atoms with van der Waals surface area (Å²) in [4.78, 5) is 56.8. The number of hydrogen-bond donors (Lipinski definition) is 8. The van der Waals surface area contributed by atoms with Gasteiger partial charge in [-0.3, -0.25) is 14.4 Å². The van der Waals surface area contributed by atoms with Crippen LogP contribution in [0.3, 0.4) is 0 Å². The van der Waals surface area contributed by atoms with Gasteiger partial charge in [0.25, 0.3) is 0 Å². The minimum atomic E-state index is -1.38. The zero-order valence-corrected chi connectivity index (χ0v) is 20.4. The fourth-order valence-corrected chi connectivity index (χ4v) is 3.55. The molecule has 1 aromatic heterocycles. The van der Waals surface area contributed by atoms with Gasteiger partial charge in [0.1, 0.15) is 18.1 Å². The predicted octanol–water partition coefficient (Wildman–Crippen LogP) is -1.82. The van der Waals surface area contributed by atoms with E-state index in [9.17, 15) is 29.4 Å². The highest BCUT2D eigenvalue weighted by atomic mass is 16.4. The number of benzene rings is 1. The summed E-state index contributed by atoms with van der Waals surface area (Å²) >= 11 is 0. The molecule has 0 radical (unpaired) electrons. The summed E-state index contributed by atoms with van der Waals surface area (Å²) in [6, 6.07) is 4.08. The van der Waals surface area contributed by atoms with E-state index in [1.165, 1.54) is 12.5 Å². The first-order valence-corrected chi connectivity index (χ1v) is 12.0. The molecule has 0 aliphatic rings. The number of imidazole rings is 1. The molecule has 1 aromatic carbocycles. The van der Waals surface area contributed by atoms with Crippen molar-refractivity contribution in [2.45, 2.75) is 56.3 Å². The molecule has 0 aliphatic heterocycles. The second-order valence-corrected chi connectivity index (χ2v) is 8.57. The number of carbonyl (C=O) groups is 4. The van der Waals surface area contributed by atoms with Crippen molar-refractivity contribution in [2.24, 2.45) is 11.5 Å². The van der Waals surface area contributed by atoms with Crippen LogP contribution in [0.5, 0.6) is 0 Å². The number of amides is 3. The standard InChI is InChI=1S/C24H35N7O6/c25-9-5-4-8-18(24(36)37)29-22(34)19(10-15-6-2-1-3-7-15)30-23(35)20(13-32)31-21(33)17(26)11-16-12-27-14-28-16/h1-3,6-7,12,14,17-20,32H,4-5,8-11,13,25-26H2,(H,27,28)(H,29,34)(H,30,35)(H,31,33)(H,36,37). The molecule has 0 saturated carbocycles. The fraction of sp³-hybridized carbons (Fsp3) is 0.458. The third-order valence-corrected chi connectivity index (χ3v) is 5.62. The van der Waals surface area contributed by atoms with Crippen LogP contribution in [0.4, 0.5) is 0 Å². The van der Waals surface area contributed by atoms with E-state index in [4.69, 9.17) is 11.5 Å². The van der Waals surface area contributed by atoms with E-state index in [-0.39, 0.29) is 19.3 Å². The summed E-state index contributed by atoms with van der Waals surface area (Å²) < 4.78 is 0. The molecule has 13 nitrogen and oxygen atoms in total. The molecule has 3 amide bonds. The minimum absolute atomic E-state index is 0.0545. The van der Waals surface area contributed by atoms with E-state index in [0.29, 0.717) is 30.6 Å². The van der Waals surface area contributed by atoms with Gasteiger partial charge in [-0.2, -0.15) is 0 Å². The van der Waals surface area contributed by atoms with Gasteiger partial charge in [0.05, 0.1) is 19.0 Å². The Balaban J connectivity index is 2.09. The summed E-state index contributed by atoms with van der Waals surface area (Å²) in [5.74, 6) is -3.42. The molecule has 0 aliphatic carbocycles. The molecule has 0 saturated heterocycles. The van der Waals surface area contributed by atoms with Gasteiger partial charge in [-0.1, -0.05) is 30.3 Å². The Bertz CT molecular complexity index is 1000. The van der Waals surface area contributed by atoms with Gasteiger partial charge in [0, 0.05) is 24.7 Å². The van der Waals surface area contributed by atoms with Crippen molar-refractivity contribution in [3.63, 3.8) is 0 Å². The number of nitrogens with one attached hydrogen (secondary N) is 4. The van der Waals surface area contributed by atoms with Gasteiger partial charge < -0.3 is 42.6 Å². The molecule has 0 spiro atoms. The number of hydrogen-bond acceptors (Lipinski definition) is 8. The third kappa shape index (κ3) is 9.99. The summed E-state index contributed by atoms with van der Waals surface area (Å²) in [5, 5.41) is 26.6. The van der Waals surface area contributed by atoms with Crippen LogP contribution in [0.25, 0.3) is 0 Å². The van der Waals surface area contributed by atoms with E-state index in [2.05, 4.69) is 25.9 Å². The average molecular weight is 518 g/mol. The zero-order valence-electron chi connectivity index (χ0n) is 20.4. The summed E-state index contributed by atoms with van der Waals surface area (Å²) in [6.45, 7) is -0.350. The Morgan fingerprint density at radius 1 is 0.919 bits per heavy atom. The Labute approximate surface area is 214 Å². The predicted molar refractivity (Wildman–Crippen MR) is 134 cm³/mol. The Kier molecular flexibility index (Phi) is 12.2. The van der Waals surface area contributed by atoms with Gasteiger partial charge in [-0.15, -0.1) is 0 Å². The van der Waals surface area contributed by atoms with Crippen molar-refractivity contribution in [3.8, 4) is 0 Å². The molecule has 2 aromatic rings. The maximum Gasteiger partial charge on any atom is 0.326 e. The molecule has 13 heteroatoms. The number of carboxylic acid groups (broad SMARTS) is 1. The smallest absolute Gasteiger partial charge is 0.326 e. The van der Waals surface area contributed by atoms with Gasteiger partial charge in [-0.05, 0) is 31.4 Å². The first-order chi connectivity index (χ1) is 17.7. The van der Waals surface area contributed by atoms with Crippen LogP contribution >= 0.6 is 0 Å². The third-order valence-electron chi connectivity index (χ3n) is 5.62. The lowest BCUT2D eigenvalue weighted by Crippen LogP contribution is -2.58. The van der Waals surface area contributed by atoms with Crippen LogP contribution in [0.15, 0.2) is 42.9 Å². The van der Waals surface area contributed by atoms with Crippen LogP contribution in [-0.4, -0.2) is 81.2 Å². The summed E-state index contributed by atoms with van der Waals surface area (Å²) in [5.41, 5.74) is 12.7. The van der Waals surface area contributed by atoms with Gasteiger partial charge in [-0.25, -0.2) is 9.78 Å². The van der Waals surface area contributed by atoms with Crippen molar-refractivity contribution in [3.05, 3.63) is 54.1 Å². The van der Waals surface area contributed by atoms with Crippen LogP contribution in [0.1, 0.15) is 30.5 Å². The molecule has 4 atom stereocenters. The van der Waals surface area contributed by atoms with Crippen LogP contribution in [0, 0.1) is 0 Å². The Morgan fingerprint density at radius 3 is 2.16 bits per heavy atom. The second kappa shape index (κ2) is 15.3. The van der Waals surface area contributed by atoms with Crippen molar-refractivity contribution in [2.75, 3.05) is 13.2 Å². The molecule has 1 heterocycles. The number of aromatic nitrogens is 2. The lowest BCUT2D eigenvalue weighted by atomic mass is 10.0. The van der Waals surface area contributed by atoms with Crippen molar-refractivity contribution < 1.29 is 29.4 Å².